The van der Waals surface area contributed by atoms with Crippen LogP contribution in [0.5, 0.6) is 0 Å². The fourth-order valence-corrected chi connectivity index (χ4v) is 5.10. The first-order chi connectivity index (χ1) is 15.0. The van der Waals surface area contributed by atoms with E-state index in [4.69, 9.17) is 0 Å². The molecule has 0 saturated carbocycles. The molecule has 2 aromatic heterocycles. The highest BCUT2D eigenvalue weighted by atomic mass is 32.1. The van der Waals surface area contributed by atoms with E-state index < -0.39 is 5.41 Å². The van der Waals surface area contributed by atoms with Crippen LogP contribution in [0.2, 0.25) is 0 Å². The van der Waals surface area contributed by atoms with Crippen molar-refractivity contribution in [1.29, 1.82) is 0 Å². The zero-order chi connectivity index (χ0) is 21.8. The number of imidazole rings is 1. The molecule has 1 saturated heterocycles. The van der Waals surface area contributed by atoms with Crippen LogP contribution in [-0.4, -0.2) is 45.9 Å². The zero-order valence-electron chi connectivity index (χ0n) is 18.0. The summed E-state index contributed by atoms with van der Waals surface area (Å²) in [6, 6.07) is 12.2. The SMILES string of the molecule is CCNC(=O)[C@@]1(Cc2cccc(-c3cccs3)c2)CCN(C(=O)[C@@H](C)n2ccnc2)C1. The Kier molecular flexibility index (Phi) is 6.23. The molecule has 7 heteroatoms. The van der Waals surface area contributed by atoms with Crippen molar-refractivity contribution < 1.29 is 9.59 Å². The smallest absolute Gasteiger partial charge is 0.245 e. The Bertz CT molecular complexity index is 1030. The van der Waals surface area contributed by atoms with Gasteiger partial charge in [0, 0.05) is 36.9 Å². The van der Waals surface area contributed by atoms with E-state index >= 15 is 0 Å². The van der Waals surface area contributed by atoms with Crippen LogP contribution in [0, 0.1) is 5.41 Å². The van der Waals surface area contributed by atoms with E-state index in [9.17, 15) is 9.59 Å². The molecule has 1 aliphatic rings. The summed E-state index contributed by atoms with van der Waals surface area (Å²) in [6.45, 7) is 5.40. The Balaban J connectivity index is 1.56. The molecular formula is C24H28N4O2S. The molecule has 0 unspecified atom stereocenters. The summed E-state index contributed by atoms with van der Waals surface area (Å²) in [7, 11) is 0. The average Bonchev–Trinajstić information content (AvgIpc) is 3.55. The van der Waals surface area contributed by atoms with Gasteiger partial charge in [-0.05, 0) is 49.3 Å². The average molecular weight is 437 g/mol. The molecule has 3 heterocycles. The Morgan fingerprint density at radius 3 is 2.87 bits per heavy atom. The molecule has 0 bridgehead atoms. The molecule has 3 aromatic rings. The van der Waals surface area contributed by atoms with Gasteiger partial charge in [0.25, 0.3) is 0 Å². The van der Waals surface area contributed by atoms with Crippen molar-refractivity contribution in [2.24, 2.45) is 5.41 Å². The van der Waals surface area contributed by atoms with Gasteiger partial charge in [-0.15, -0.1) is 11.3 Å². The van der Waals surface area contributed by atoms with Gasteiger partial charge in [-0.2, -0.15) is 0 Å². The van der Waals surface area contributed by atoms with Gasteiger partial charge < -0.3 is 14.8 Å². The Hall–Kier alpha value is -2.93. The number of carbonyl (C=O) groups excluding carboxylic acids is 2. The minimum Gasteiger partial charge on any atom is -0.356 e. The van der Waals surface area contributed by atoms with Crippen LogP contribution in [0.4, 0.5) is 0 Å². The lowest BCUT2D eigenvalue weighted by Crippen LogP contribution is -2.45. The number of aromatic nitrogens is 2. The molecule has 1 N–H and O–H groups in total. The maximum absolute atomic E-state index is 13.2. The fourth-order valence-electron chi connectivity index (χ4n) is 4.38. The number of carbonyl (C=O) groups is 2. The van der Waals surface area contributed by atoms with E-state index in [1.54, 1.807) is 34.6 Å². The van der Waals surface area contributed by atoms with Gasteiger partial charge in [0.1, 0.15) is 6.04 Å². The normalized spacial score (nSPS) is 19.4. The van der Waals surface area contributed by atoms with Crippen molar-refractivity contribution >= 4 is 23.2 Å². The largest absolute Gasteiger partial charge is 0.356 e. The van der Waals surface area contributed by atoms with Crippen molar-refractivity contribution in [2.45, 2.75) is 32.7 Å². The summed E-state index contributed by atoms with van der Waals surface area (Å²) < 4.78 is 1.80. The van der Waals surface area contributed by atoms with E-state index in [0.29, 0.717) is 32.5 Å². The molecule has 2 atom stereocenters. The molecule has 0 spiro atoms. The number of likely N-dealkylation sites (tertiary alicyclic amines) is 1. The third-order valence-electron chi connectivity index (χ3n) is 6.09. The molecule has 31 heavy (non-hydrogen) atoms. The Morgan fingerprint density at radius 2 is 2.16 bits per heavy atom. The van der Waals surface area contributed by atoms with Crippen molar-refractivity contribution in [1.82, 2.24) is 19.8 Å². The Morgan fingerprint density at radius 1 is 1.29 bits per heavy atom. The summed E-state index contributed by atoms with van der Waals surface area (Å²) in [5.41, 5.74) is 1.67. The van der Waals surface area contributed by atoms with Gasteiger partial charge in [0.05, 0.1) is 11.7 Å². The lowest BCUT2D eigenvalue weighted by atomic mass is 9.79. The first kappa shape index (κ1) is 21.3. The highest BCUT2D eigenvalue weighted by Crippen LogP contribution is 2.37. The molecule has 0 aliphatic carbocycles. The maximum atomic E-state index is 13.2. The molecule has 0 radical (unpaired) electrons. The molecule has 1 fully saturated rings. The number of benzene rings is 1. The lowest BCUT2D eigenvalue weighted by Gasteiger charge is -2.29. The quantitative estimate of drug-likeness (QED) is 0.613. The van der Waals surface area contributed by atoms with Gasteiger partial charge >= 0.3 is 0 Å². The predicted octanol–water partition coefficient (Wildman–Crippen LogP) is 3.77. The molecule has 2 amide bonds. The van der Waals surface area contributed by atoms with Gasteiger partial charge in [-0.1, -0.05) is 30.3 Å². The third-order valence-corrected chi connectivity index (χ3v) is 7.01. The van der Waals surface area contributed by atoms with Gasteiger partial charge in [0.15, 0.2) is 0 Å². The van der Waals surface area contributed by atoms with E-state index in [0.717, 1.165) is 5.56 Å². The van der Waals surface area contributed by atoms with Crippen LogP contribution >= 0.6 is 11.3 Å². The van der Waals surface area contributed by atoms with Crippen LogP contribution < -0.4 is 5.32 Å². The summed E-state index contributed by atoms with van der Waals surface area (Å²) in [4.78, 5) is 33.4. The van der Waals surface area contributed by atoms with Gasteiger partial charge in [0.2, 0.25) is 11.8 Å². The molecule has 1 aromatic carbocycles. The van der Waals surface area contributed by atoms with Crippen LogP contribution in [0.3, 0.4) is 0 Å². The van der Waals surface area contributed by atoms with Crippen LogP contribution in [0.25, 0.3) is 10.4 Å². The third kappa shape index (κ3) is 4.42. The van der Waals surface area contributed by atoms with E-state index in [2.05, 4.69) is 46.0 Å². The van der Waals surface area contributed by atoms with E-state index in [1.807, 2.05) is 24.8 Å². The highest BCUT2D eigenvalue weighted by Gasteiger charge is 2.46. The number of rotatable bonds is 7. The first-order valence-electron chi connectivity index (χ1n) is 10.7. The number of hydrogen-bond acceptors (Lipinski definition) is 4. The van der Waals surface area contributed by atoms with E-state index in [1.165, 1.54) is 10.4 Å². The Labute approximate surface area is 186 Å². The molecular weight excluding hydrogens is 408 g/mol. The van der Waals surface area contributed by atoms with Crippen molar-refractivity contribution in [3.05, 3.63) is 66.1 Å². The van der Waals surface area contributed by atoms with Crippen LogP contribution in [0.1, 0.15) is 31.9 Å². The van der Waals surface area contributed by atoms with Gasteiger partial charge in [-0.25, -0.2) is 4.98 Å². The summed E-state index contributed by atoms with van der Waals surface area (Å²) in [5.74, 6) is 0.0543. The monoisotopic (exact) mass is 436 g/mol. The second-order valence-corrected chi connectivity index (χ2v) is 9.14. The second kappa shape index (κ2) is 9.06. The van der Waals surface area contributed by atoms with Crippen molar-refractivity contribution in [3.63, 3.8) is 0 Å². The van der Waals surface area contributed by atoms with E-state index in [-0.39, 0.29) is 17.9 Å². The fraction of sp³-hybridized carbons (Fsp3) is 0.375. The lowest BCUT2D eigenvalue weighted by molar-refractivity contribution is -0.135. The number of thiophene rings is 1. The predicted molar refractivity (Wildman–Crippen MR) is 123 cm³/mol. The number of hydrogen-bond donors (Lipinski definition) is 1. The highest BCUT2D eigenvalue weighted by molar-refractivity contribution is 7.13. The second-order valence-electron chi connectivity index (χ2n) is 8.19. The zero-order valence-corrected chi connectivity index (χ0v) is 18.8. The van der Waals surface area contributed by atoms with Crippen molar-refractivity contribution in [2.75, 3.05) is 19.6 Å². The first-order valence-corrected chi connectivity index (χ1v) is 11.6. The summed E-state index contributed by atoms with van der Waals surface area (Å²) in [6.07, 6.45) is 6.40. The molecule has 4 rings (SSSR count). The summed E-state index contributed by atoms with van der Waals surface area (Å²) >= 11 is 1.71. The minimum absolute atomic E-state index is 0.0245. The van der Waals surface area contributed by atoms with Crippen molar-refractivity contribution in [3.8, 4) is 10.4 Å². The topological polar surface area (TPSA) is 67.2 Å². The maximum Gasteiger partial charge on any atom is 0.245 e. The summed E-state index contributed by atoms with van der Waals surface area (Å²) in [5, 5.41) is 5.09. The number of nitrogens with zero attached hydrogens (tertiary/aromatic N) is 3. The number of amides is 2. The molecule has 162 valence electrons. The van der Waals surface area contributed by atoms with Crippen LogP contribution in [-0.2, 0) is 16.0 Å². The minimum atomic E-state index is -0.617. The number of nitrogens with one attached hydrogen (secondary N) is 1. The van der Waals surface area contributed by atoms with Crippen LogP contribution in [0.15, 0.2) is 60.5 Å². The molecule has 1 aliphatic heterocycles. The molecule has 6 nitrogen and oxygen atoms in total. The van der Waals surface area contributed by atoms with Gasteiger partial charge in [-0.3, -0.25) is 9.59 Å². The standard InChI is InChI=1S/C24H28N4O2S/c1-3-26-23(30)24(15-19-6-4-7-20(14-19)21-8-5-13-31-21)9-11-27(16-24)22(29)18(2)28-12-10-25-17-28/h4-8,10,12-14,17-18H,3,9,11,15-16H2,1-2H3,(H,26,30)/t18-,24-/m1/s1.